The Hall–Kier alpha value is -2.58. The Kier molecular flexibility index (Phi) is 6.24. The van der Waals surface area contributed by atoms with Crippen molar-refractivity contribution in [1.29, 1.82) is 0 Å². The molecule has 0 saturated heterocycles. The number of benzene rings is 3. The number of esters is 1. The first-order chi connectivity index (χ1) is 14.5. The molecule has 0 heterocycles. The van der Waals surface area contributed by atoms with Crippen LogP contribution in [0.3, 0.4) is 0 Å². The second-order valence-corrected chi connectivity index (χ2v) is 8.77. The lowest BCUT2D eigenvalue weighted by Crippen LogP contribution is -2.21. The molecule has 0 spiro atoms. The molecule has 3 heteroatoms. The monoisotopic (exact) mass is 418 g/mol. The van der Waals surface area contributed by atoms with Crippen LogP contribution in [0, 0.1) is 5.92 Å². The van der Waals surface area contributed by atoms with Crippen molar-refractivity contribution in [3.63, 3.8) is 0 Å². The number of hydrogen-bond acceptors (Lipinski definition) is 2. The van der Waals surface area contributed by atoms with Crippen LogP contribution in [0.5, 0.6) is 0 Å². The number of carbonyl (C=O) groups excluding carboxylic acids is 1. The van der Waals surface area contributed by atoms with E-state index in [9.17, 15) is 4.79 Å². The van der Waals surface area contributed by atoms with Crippen LogP contribution in [0.2, 0.25) is 5.02 Å². The van der Waals surface area contributed by atoms with E-state index in [1.807, 2.05) is 38.1 Å². The number of ether oxygens (including phenoxy) is 1. The fourth-order valence-electron chi connectivity index (χ4n) is 4.48. The summed E-state index contributed by atoms with van der Waals surface area (Å²) in [5.74, 6) is -0.345. The molecule has 0 amide bonds. The third-order valence-corrected chi connectivity index (χ3v) is 6.23. The molecule has 0 fully saturated rings. The van der Waals surface area contributed by atoms with Crippen molar-refractivity contribution in [2.45, 2.75) is 45.6 Å². The third kappa shape index (κ3) is 4.29. The summed E-state index contributed by atoms with van der Waals surface area (Å²) >= 11 is 6.02. The molecule has 0 saturated carbocycles. The average Bonchev–Trinajstić information content (AvgIpc) is 2.93. The Balaban J connectivity index is 1.57. The van der Waals surface area contributed by atoms with Gasteiger partial charge in [0.1, 0.15) is 6.61 Å². The van der Waals surface area contributed by atoms with Gasteiger partial charge in [-0.2, -0.15) is 0 Å². The summed E-state index contributed by atoms with van der Waals surface area (Å²) in [5, 5.41) is 0.668. The highest BCUT2D eigenvalue weighted by Crippen LogP contribution is 2.35. The van der Waals surface area contributed by atoms with Crippen LogP contribution < -0.4 is 0 Å². The number of fused-ring (bicyclic) bond motifs is 3. The predicted molar refractivity (Wildman–Crippen MR) is 123 cm³/mol. The SMILES string of the molecule is CC(C)C(C(=O)OCc1cccc2c1CCCc1ccccc1-2)c1ccc(Cl)cc1. The van der Waals surface area contributed by atoms with E-state index in [1.54, 1.807) is 0 Å². The van der Waals surface area contributed by atoms with E-state index in [1.165, 1.54) is 22.3 Å². The van der Waals surface area contributed by atoms with E-state index in [0.29, 0.717) is 11.6 Å². The maximum Gasteiger partial charge on any atom is 0.314 e. The van der Waals surface area contributed by atoms with Crippen LogP contribution in [0.1, 0.15) is 48.4 Å². The van der Waals surface area contributed by atoms with Crippen molar-refractivity contribution in [2.75, 3.05) is 0 Å². The van der Waals surface area contributed by atoms with Gasteiger partial charge in [-0.1, -0.05) is 80.0 Å². The Bertz CT molecular complexity index is 1040. The standard InChI is InChI=1S/C27H27ClO2/c1-18(2)26(20-13-15-22(28)16-14-20)27(29)30-17-21-9-6-12-25-23-10-4-3-7-19(23)8-5-11-24(21)25/h3-4,6-7,9-10,12-16,18,26H,5,8,11,17H2,1-2H3. The minimum absolute atomic E-state index is 0.137. The molecule has 2 nitrogen and oxygen atoms in total. The number of rotatable bonds is 5. The first-order valence-corrected chi connectivity index (χ1v) is 11.0. The zero-order chi connectivity index (χ0) is 21.1. The Morgan fingerprint density at radius 3 is 2.43 bits per heavy atom. The van der Waals surface area contributed by atoms with Crippen LogP contribution in [-0.2, 0) is 29.0 Å². The quantitative estimate of drug-likeness (QED) is 0.418. The van der Waals surface area contributed by atoms with E-state index >= 15 is 0 Å². The lowest BCUT2D eigenvalue weighted by Gasteiger charge is -2.21. The van der Waals surface area contributed by atoms with Gasteiger partial charge < -0.3 is 4.74 Å². The summed E-state index contributed by atoms with van der Waals surface area (Å²) in [6, 6.07) is 22.5. The maximum absolute atomic E-state index is 13.0. The van der Waals surface area contributed by atoms with Gasteiger partial charge in [-0.25, -0.2) is 0 Å². The summed E-state index contributed by atoms with van der Waals surface area (Å²) in [7, 11) is 0. The van der Waals surface area contributed by atoms with E-state index in [-0.39, 0.29) is 17.8 Å². The molecule has 1 unspecified atom stereocenters. The normalized spacial score (nSPS) is 13.9. The second-order valence-electron chi connectivity index (χ2n) is 8.33. The first kappa shape index (κ1) is 20.7. The van der Waals surface area contributed by atoms with Crippen LogP contribution in [0.15, 0.2) is 66.7 Å². The second kappa shape index (κ2) is 9.06. The van der Waals surface area contributed by atoms with Gasteiger partial charge in [0.2, 0.25) is 0 Å². The molecule has 0 aromatic heterocycles. The van der Waals surface area contributed by atoms with Gasteiger partial charge in [0, 0.05) is 5.02 Å². The third-order valence-electron chi connectivity index (χ3n) is 5.97. The van der Waals surface area contributed by atoms with Crippen LogP contribution >= 0.6 is 11.6 Å². The average molecular weight is 419 g/mol. The molecule has 154 valence electrons. The minimum Gasteiger partial charge on any atom is -0.460 e. The summed E-state index contributed by atoms with van der Waals surface area (Å²) in [4.78, 5) is 13.0. The molecule has 0 bridgehead atoms. The Morgan fingerprint density at radius 2 is 1.67 bits per heavy atom. The van der Waals surface area contributed by atoms with Crippen molar-refractivity contribution in [1.82, 2.24) is 0 Å². The zero-order valence-electron chi connectivity index (χ0n) is 17.5. The molecule has 30 heavy (non-hydrogen) atoms. The zero-order valence-corrected chi connectivity index (χ0v) is 18.3. The molecule has 0 radical (unpaired) electrons. The molecular formula is C27H27ClO2. The number of carbonyl (C=O) groups is 1. The van der Waals surface area contributed by atoms with E-state index in [4.69, 9.17) is 16.3 Å². The maximum atomic E-state index is 13.0. The van der Waals surface area contributed by atoms with E-state index in [0.717, 1.165) is 30.4 Å². The smallest absolute Gasteiger partial charge is 0.314 e. The van der Waals surface area contributed by atoms with Gasteiger partial charge in [-0.3, -0.25) is 4.79 Å². The van der Waals surface area contributed by atoms with Crippen molar-refractivity contribution in [3.8, 4) is 11.1 Å². The molecule has 3 aromatic rings. The first-order valence-electron chi connectivity index (χ1n) is 10.7. The van der Waals surface area contributed by atoms with Crippen LogP contribution in [0.25, 0.3) is 11.1 Å². The van der Waals surface area contributed by atoms with Crippen molar-refractivity contribution in [2.24, 2.45) is 5.92 Å². The molecule has 1 atom stereocenters. The Labute approximate surface area is 183 Å². The Morgan fingerprint density at radius 1 is 0.933 bits per heavy atom. The van der Waals surface area contributed by atoms with E-state index in [2.05, 4.69) is 42.5 Å². The van der Waals surface area contributed by atoms with Gasteiger partial charge in [0.25, 0.3) is 0 Å². The summed E-state index contributed by atoms with van der Waals surface area (Å²) in [6.07, 6.45) is 3.19. The molecular weight excluding hydrogens is 392 g/mol. The molecule has 3 aromatic carbocycles. The van der Waals surface area contributed by atoms with Crippen LogP contribution in [0.4, 0.5) is 0 Å². The fourth-order valence-corrected chi connectivity index (χ4v) is 4.60. The topological polar surface area (TPSA) is 26.3 Å². The lowest BCUT2D eigenvalue weighted by molar-refractivity contribution is -0.148. The molecule has 1 aliphatic rings. The predicted octanol–water partition coefficient (Wildman–Crippen LogP) is 6.98. The molecule has 1 aliphatic carbocycles. The van der Waals surface area contributed by atoms with E-state index < -0.39 is 0 Å². The van der Waals surface area contributed by atoms with Gasteiger partial charge in [0.05, 0.1) is 5.92 Å². The largest absolute Gasteiger partial charge is 0.460 e. The van der Waals surface area contributed by atoms with Crippen LogP contribution in [-0.4, -0.2) is 5.97 Å². The summed E-state index contributed by atoms with van der Waals surface area (Å²) < 4.78 is 5.86. The number of aryl methyl sites for hydroxylation is 1. The van der Waals surface area contributed by atoms with Crippen molar-refractivity contribution in [3.05, 3.63) is 94.0 Å². The highest BCUT2D eigenvalue weighted by atomic mass is 35.5. The molecule has 4 rings (SSSR count). The highest BCUT2D eigenvalue weighted by Gasteiger charge is 2.26. The minimum atomic E-state index is -0.301. The van der Waals surface area contributed by atoms with Crippen molar-refractivity contribution < 1.29 is 9.53 Å². The highest BCUT2D eigenvalue weighted by molar-refractivity contribution is 6.30. The van der Waals surface area contributed by atoms with Gasteiger partial charge in [-0.05, 0) is 70.7 Å². The van der Waals surface area contributed by atoms with Gasteiger partial charge >= 0.3 is 5.97 Å². The van der Waals surface area contributed by atoms with Gasteiger partial charge in [0.15, 0.2) is 0 Å². The lowest BCUT2D eigenvalue weighted by atomic mass is 9.88. The fraction of sp³-hybridized carbons (Fsp3) is 0.296. The molecule has 0 N–H and O–H groups in total. The number of hydrogen-bond donors (Lipinski definition) is 0. The number of halogens is 1. The van der Waals surface area contributed by atoms with Crippen molar-refractivity contribution >= 4 is 17.6 Å². The summed E-state index contributed by atoms with van der Waals surface area (Å²) in [6.45, 7) is 4.40. The molecule has 0 aliphatic heterocycles. The van der Waals surface area contributed by atoms with Gasteiger partial charge in [-0.15, -0.1) is 0 Å². The summed E-state index contributed by atoms with van der Waals surface area (Å²) in [5.41, 5.74) is 7.33.